The van der Waals surface area contributed by atoms with Crippen LogP contribution in [0.25, 0.3) is 11.0 Å². The number of nitrogens with zero attached hydrogens (tertiary/aromatic N) is 4. The molecule has 0 saturated carbocycles. The fourth-order valence-corrected chi connectivity index (χ4v) is 5.87. The number of non-ortho nitro benzene ring substituents is 1. The third-order valence-electron chi connectivity index (χ3n) is 6.70. The van der Waals surface area contributed by atoms with Crippen molar-refractivity contribution in [3.8, 4) is 0 Å². The third-order valence-corrected chi connectivity index (χ3v) is 7.72. The molecule has 1 saturated heterocycles. The smallest absolute Gasteiger partial charge is 0.325 e. The summed E-state index contributed by atoms with van der Waals surface area (Å²) in [7, 11) is 1.91. The number of para-hydroxylation sites is 2. The maximum atomic E-state index is 13.8. The van der Waals surface area contributed by atoms with E-state index in [1.807, 2.05) is 42.8 Å². The van der Waals surface area contributed by atoms with Gasteiger partial charge in [-0.25, -0.2) is 14.3 Å². The second kappa shape index (κ2) is 8.95. The van der Waals surface area contributed by atoms with E-state index in [9.17, 15) is 19.7 Å². The molecule has 10 heteroatoms. The molecule has 9 nitrogen and oxygen atoms in total. The monoisotopic (exact) mass is 468 g/mol. The zero-order chi connectivity index (χ0) is 23.8. The number of nitrogens with two attached hydrogens (primary N) is 1. The van der Waals surface area contributed by atoms with Gasteiger partial charge in [0.1, 0.15) is 11.8 Å². The number of fused-ring (bicyclic) bond motifs is 1. The molecule has 172 valence electrons. The zero-order valence-corrected chi connectivity index (χ0v) is 19.3. The van der Waals surface area contributed by atoms with E-state index in [2.05, 4.69) is 4.98 Å². The number of hydrogen-bond acceptors (Lipinski definition) is 6. The minimum absolute atomic E-state index is 0.0193. The first-order chi connectivity index (χ1) is 15.8. The zero-order valence-electron chi connectivity index (χ0n) is 18.5. The summed E-state index contributed by atoms with van der Waals surface area (Å²) >= 11 is 1.34. The number of rotatable bonds is 7. The first-order valence-electron chi connectivity index (χ1n) is 10.7. The normalized spacial score (nSPS) is 21.2. The van der Waals surface area contributed by atoms with Gasteiger partial charge in [-0.05, 0) is 31.2 Å². The highest BCUT2D eigenvalue weighted by molar-refractivity contribution is 7.99. The predicted molar refractivity (Wildman–Crippen MR) is 125 cm³/mol. The van der Waals surface area contributed by atoms with E-state index in [1.165, 1.54) is 23.9 Å². The summed E-state index contributed by atoms with van der Waals surface area (Å²) in [6, 6.07) is 12.9. The van der Waals surface area contributed by atoms with Gasteiger partial charge in [-0.3, -0.25) is 14.9 Å². The third kappa shape index (κ3) is 4.00. The molecule has 2 aromatic carbocycles. The molecule has 1 aliphatic heterocycles. The molecule has 0 bridgehead atoms. The van der Waals surface area contributed by atoms with Gasteiger partial charge in [0.25, 0.3) is 11.6 Å². The summed E-state index contributed by atoms with van der Waals surface area (Å²) in [5.74, 6) is -0.459. The van der Waals surface area contributed by atoms with E-state index in [1.54, 1.807) is 12.1 Å². The fraction of sp³-hybridized carbons (Fsp3) is 0.348. The number of primary amides is 1. The van der Waals surface area contributed by atoms with E-state index in [4.69, 9.17) is 5.73 Å². The number of carbonyl (C=O) groups excluding carboxylic acids is 2. The highest BCUT2D eigenvalue weighted by atomic mass is 32.2. The molecule has 1 fully saturated rings. The minimum atomic E-state index is -0.635. The van der Waals surface area contributed by atoms with Gasteiger partial charge in [0.05, 0.1) is 22.5 Å². The second-order valence-corrected chi connectivity index (χ2v) is 9.31. The average Bonchev–Trinajstić information content (AvgIpc) is 3.40. The van der Waals surface area contributed by atoms with Crippen molar-refractivity contribution in [1.29, 1.82) is 0 Å². The van der Waals surface area contributed by atoms with Crippen molar-refractivity contribution in [1.82, 2.24) is 9.55 Å². The van der Waals surface area contributed by atoms with Crippen LogP contribution in [0.3, 0.4) is 0 Å². The lowest BCUT2D eigenvalue weighted by molar-refractivity contribution is -0.885. The predicted octanol–water partition coefficient (Wildman–Crippen LogP) is 3.33. The lowest BCUT2D eigenvalue weighted by Gasteiger charge is -2.41. The first-order valence-corrected chi connectivity index (χ1v) is 11.7. The molecule has 2 amide bonds. The van der Waals surface area contributed by atoms with Gasteiger partial charge in [-0.2, -0.15) is 0 Å². The number of benzene rings is 2. The van der Waals surface area contributed by atoms with Crippen LogP contribution in [0.4, 0.5) is 5.69 Å². The summed E-state index contributed by atoms with van der Waals surface area (Å²) < 4.78 is 1.87. The Morgan fingerprint density at radius 1 is 1.27 bits per heavy atom. The standard InChI is InChI=1S/C23H25N5O4S/c1-15(16-9-11-17(12-10-16)27(31)32)28(13-5-8-20(28)22(24)30)21(29)14-33-23-25-18-6-3-4-7-19(18)26(23)2/h3-4,6-7,9-12,15,20H,5,8,13-14H2,1-2H3,(H-,24,30)/p+1/t15-,20-,28?/m0/s1. The van der Waals surface area contributed by atoms with Gasteiger partial charge < -0.3 is 10.3 Å². The van der Waals surface area contributed by atoms with Crippen LogP contribution >= 0.6 is 11.8 Å². The van der Waals surface area contributed by atoms with Crippen LogP contribution in [-0.2, 0) is 16.6 Å². The van der Waals surface area contributed by atoms with Crippen LogP contribution in [0.5, 0.6) is 0 Å². The second-order valence-electron chi connectivity index (χ2n) is 8.36. The molecular formula is C23H26N5O4S+. The van der Waals surface area contributed by atoms with Gasteiger partial charge in [0, 0.05) is 37.6 Å². The molecule has 1 aliphatic rings. The van der Waals surface area contributed by atoms with E-state index in [0.717, 1.165) is 21.8 Å². The number of likely N-dealkylation sites (tertiary alicyclic amines) is 1. The number of nitro benzene ring substituents is 1. The summed E-state index contributed by atoms with van der Waals surface area (Å²) in [4.78, 5) is 41.4. The molecular weight excluding hydrogens is 442 g/mol. The lowest BCUT2D eigenvalue weighted by Crippen LogP contribution is -2.61. The maximum absolute atomic E-state index is 13.8. The number of carbonyl (C=O) groups is 2. The van der Waals surface area contributed by atoms with Gasteiger partial charge >= 0.3 is 5.91 Å². The molecule has 33 heavy (non-hydrogen) atoms. The van der Waals surface area contributed by atoms with Crippen LogP contribution < -0.4 is 5.73 Å². The van der Waals surface area contributed by atoms with E-state index in [-0.39, 0.29) is 27.9 Å². The fourth-order valence-electron chi connectivity index (χ4n) is 4.92. The van der Waals surface area contributed by atoms with Crippen LogP contribution in [0.15, 0.2) is 53.7 Å². The largest absolute Gasteiger partial charge is 0.364 e. The summed E-state index contributed by atoms with van der Waals surface area (Å²) in [5, 5.41) is 11.8. The molecule has 0 spiro atoms. The highest BCUT2D eigenvalue weighted by Gasteiger charge is 2.54. The van der Waals surface area contributed by atoms with E-state index >= 15 is 0 Å². The Kier molecular flexibility index (Phi) is 6.22. The van der Waals surface area contributed by atoms with Gasteiger partial charge in [0.15, 0.2) is 11.2 Å². The van der Waals surface area contributed by atoms with Crippen molar-refractivity contribution in [3.63, 3.8) is 0 Å². The SMILES string of the molecule is C[C@@H](c1ccc([N+](=O)[O-])cc1)[N+]1(C(=O)CSc2nc3ccccc3n2C)CCC[C@H]1C(N)=O. The number of quaternary nitrogens is 1. The molecule has 4 rings (SSSR count). The summed E-state index contributed by atoms with van der Waals surface area (Å²) in [5.41, 5.74) is 8.33. The molecule has 2 heterocycles. The van der Waals surface area contributed by atoms with E-state index < -0.39 is 16.9 Å². The highest BCUT2D eigenvalue weighted by Crippen LogP contribution is 2.40. The molecule has 0 aliphatic carbocycles. The van der Waals surface area contributed by atoms with E-state index in [0.29, 0.717) is 19.4 Å². The Morgan fingerprint density at radius 2 is 1.97 bits per heavy atom. The summed E-state index contributed by atoms with van der Waals surface area (Å²) in [6.45, 7) is 2.38. The first kappa shape index (κ1) is 22.9. The molecule has 2 N–H and O–H groups in total. The topological polar surface area (TPSA) is 121 Å². The Hall–Kier alpha value is -3.24. The van der Waals surface area contributed by atoms with Crippen molar-refractivity contribution in [2.24, 2.45) is 12.8 Å². The quantitative estimate of drug-likeness (QED) is 0.246. The Morgan fingerprint density at radius 3 is 2.61 bits per heavy atom. The van der Waals surface area contributed by atoms with Crippen molar-refractivity contribution in [3.05, 3.63) is 64.2 Å². The summed E-state index contributed by atoms with van der Waals surface area (Å²) in [6.07, 6.45) is 1.24. The maximum Gasteiger partial charge on any atom is 0.325 e. The van der Waals surface area contributed by atoms with Crippen LogP contribution in [0, 0.1) is 10.1 Å². The molecule has 0 radical (unpaired) electrons. The van der Waals surface area contributed by atoms with Crippen molar-refractivity contribution < 1.29 is 19.0 Å². The van der Waals surface area contributed by atoms with Crippen molar-refractivity contribution in [2.75, 3.05) is 12.3 Å². The van der Waals surface area contributed by atoms with Crippen LogP contribution in [0.2, 0.25) is 0 Å². The number of amides is 2. The molecule has 1 aromatic heterocycles. The molecule has 1 unspecified atom stereocenters. The Labute approximate surface area is 195 Å². The minimum Gasteiger partial charge on any atom is -0.364 e. The van der Waals surface area contributed by atoms with Crippen LogP contribution in [-0.4, -0.2) is 49.1 Å². The van der Waals surface area contributed by atoms with Crippen molar-refractivity contribution in [2.45, 2.75) is 37.0 Å². The van der Waals surface area contributed by atoms with Gasteiger partial charge in [-0.1, -0.05) is 23.9 Å². The number of imidazole rings is 1. The number of aromatic nitrogens is 2. The van der Waals surface area contributed by atoms with Gasteiger partial charge in [-0.15, -0.1) is 0 Å². The Balaban J connectivity index is 1.64. The number of hydrogen-bond donors (Lipinski definition) is 1. The van der Waals surface area contributed by atoms with Gasteiger partial charge in [0.2, 0.25) is 0 Å². The number of nitro groups is 1. The Bertz CT molecular complexity index is 1230. The molecule has 3 aromatic rings. The number of thioether (sulfide) groups is 1. The van der Waals surface area contributed by atoms with Crippen molar-refractivity contribution >= 4 is 40.3 Å². The average molecular weight is 469 g/mol. The lowest BCUT2D eigenvalue weighted by atomic mass is 10.0. The van der Waals surface area contributed by atoms with Crippen LogP contribution in [0.1, 0.15) is 31.4 Å². The number of aryl methyl sites for hydroxylation is 1. The molecule has 3 atom stereocenters.